The predicted molar refractivity (Wildman–Crippen MR) is 90.0 cm³/mol. The van der Waals surface area contributed by atoms with Gasteiger partial charge in [-0.3, -0.25) is 4.79 Å². The summed E-state index contributed by atoms with van der Waals surface area (Å²) in [4.78, 5) is 12.1. The average Bonchev–Trinajstić information content (AvgIpc) is 2.60. The number of aliphatic hydroxyl groups is 1. The smallest absolute Gasteiger partial charge is 0.416 e. The molecule has 0 unspecified atom stereocenters. The number of halogens is 3. The van der Waals surface area contributed by atoms with Crippen LogP contribution in [-0.2, 0) is 23.8 Å². The molecule has 2 N–H and O–H groups in total. The summed E-state index contributed by atoms with van der Waals surface area (Å²) in [6.07, 6.45) is -2.91. The Labute approximate surface area is 148 Å². The molecule has 0 saturated heterocycles. The zero-order valence-corrected chi connectivity index (χ0v) is 13.8. The Hall–Kier alpha value is -2.54. The highest BCUT2D eigenvalue weighted by Crippen LogP contribution is 2.30. The second-order valence-electron chi connectivity index (χ2n) is 6.20. The fourth-order valence-corrected chi connectivity index (χ4v) is 2.96. The Morgan fingerprint density at radius 1 is 1.19 bits per heavy atom. The van der Waals surface area contributed by atoms with E-state index in [0.717, 1.165) is 29.7 Å². The van der Waals surface area contributed by atoms with Crippen molar-refractivity contribution in [3.63, 3.8) is 0 Å². The number of aliphatic hydroxyl groups excluding tert-OH is 1. The number of fused-ring (bicyclic) bond motifs is 1. The molecule has 0 fully saturated rings. The molecule has 3 rings (SSSR count). The van der Waals surface area contributed by atoms with Gasteiger partial charge in [0.25, 0.3) is 5.91 Å². The maximum atomic E-state index is 12.5. The van der Waals surface area contributed by atoms with Crippen molar-refractivity contribution in [1.82, 2.24) is 0 Å². The minimum atomic E-state index is -4.41. The minimum Gasteiger partial charge on any atom is -0.484 e. The van der Waals surface area contributed by atoms with E-state index in [2.05, 4.69) is 5.32 Å². The first-order chi connectivity index (χ1) is 12.3. The van der Waals surface area contributed by atoms with Gasteiger partial charge < -0.3 is 15.2 Å². The second kappa shape index (κ2) is 7.37. The van der Waals surface area contributed by atoms with Crippen molar-refractivity contribution in [2.75, 3.05) is 11.9 Å². The lowest BCUT2D eigenvalue weighted by atomic mass is 9.88. The number of aryl methyl sites for hydroxylation is 1. The number of ether oxygens (including phenoxy) is 1. The van der Waals surface area contributed by atoms with Gasteiger partial charge in [-0.2, -0.15) is 13.2 Å². The van der Waals surface area contributed by atoms with Crippen LogP contribution in [0.25, 0.3) is 0 Å². The summed E-state index contributed by atoms with van der Waals surface area (Å²) in [6.45, 7) is -0.322. The van der Waals surface area contributed by atoms with Crippen molar-refractivity contribution in [1.29, 1.82) is 0 Å². The van der Waals surface area contributed by atoms with Crippen LogP contribution in [-0.4, -0.2) is 23.7 Å². The predicted octanol–water partition coefficient (Wildman–Crippen LogP) is 3.57. The van der Waals surface area contributed by atoms with Crippen molar-refractivity contribution in [2.45, 2.75) is 31.5 Å². The summed E-state index contributed by atoms with van der Waals surface area (Å²) in [7, 11) is 0. The quantitative estimate of drug-likeness (QED) is 0.871. The largest absolute Gasteiger partial charge is 0.484 e. The van der Waals surface area contributed by atoms with Crippen molar-refractivity contribution in [2.24, 2.45) is 0 Å². The number of alkyl halides is 3. The number of hydrogen-bond acceptors (Lipinski definition) is 3. The van der Waals surface area contributed by atoms with Gasteiger partial charge in [0.2, 0.25) is 0 Å². The van der Waals surface area contributed by atoms with Gasteiger partial charge in [-0.05, 0) is 54.3 Å². The number of hydrogen-bond donors (Lipinski definition) is 2. The Kier molecular flexibility index (Phi) is 5.18. The third-order valence-electron chi connectivity index (χ3n) is 4.29. The van der Waals surface area contributed by atoms with Gasteiger partial charge in [0, 0.05) is 12.1 Å². The van der Waals surface area contributed by atoms with Crippen molar-refractivity contribution < 1.29 is 27.8 Å². The topological polar surface area (TPSA) is 58.6 Å². The maximum Gasteiger partial charge on any atom is 0.416 e. The summed E-state index contributed by atoms with van der Waals surface area (Å²) >= 11 is 0. The number of benzene rings is 2. The number of carbonyl (C=O) groups excluding carboxylic acids is 1. The van der Waals surface area contributed by atoms with Crippen LogP contribution in [0, 0.1) is 0 Å². The number of amides is 1. The van der Waals surface area contributed by atoms with E-state index in [1.165, 1.54) is 12.1 Å². The number of rotatable bonds is 4. The third kappa shape index (κ3) is 4.35. The molecule has 2 aromatic carbocycles. The van der Waals surface area contributed by atoms with Crippen LogP contribution in [0.3, 0.4) is 0 Å². The normalized spacial score (nSPS) is 16.7. The maximum absolute atomic E-state index is 12.5. The molecule has 0 aromatic heterocycles. The molecule has 0 saturated carbocycles. The van der Waals surface area contributed by atoms with Gasteiger partial charge in [0.05, 0.1) is 11.7 Å². The first-order valence-electron chi connectivity index (χ1n) is 8.21. The lowest BCUT2D eigenvalue weighted by molar-refractivity contribution is -0.137. The number of nitrogens with one attached hydrogen (secondary N) is 1. The Bertz CT molecular complexity index is 788. The van der Waals surface area contributed by atoms with E-state index in [1.807, 2.05) is 12.1 Å². The first kappa shape index (κ1) is 18.3. The van der Waals surface area contributed by atoms with Crippen LogP contribution < -0.4 is 10.1 Å². The fourth-order valence-electron chi connectivity index (χ4n) is 2.96. The molecule has 0 aliphatic heterocycles. The molecule has 1 amide bonds. The lowest BCUT2D eigenvalue weighted by Gasteiger charge is -2.23. The highest BCUT2D eigenvalue weighted by Gasteiger charge is 2.30. The molecule has 0 bridgehead atoms. The van der Waals surface area contributed by atoms with Crippen LogP contribution in [0.5, 0.6) is 5.75 Å². The van der Waals surface area contributed by atoms with Crippen LogP contribution >= 0.6 is 0 Å². The molecule has 1 aliphatic carbocycles. The molecular formula is C19H18F3NO3. The van der Waals surface area contributed by atoms with Crippen molar-refractivity contribution >= 4 is 11.6 Å². The average molecular weight is 365 g/mol. The highest BCUT2D eigenvalue weighted by atomic mass is 19.4. The number of anilines is 1. The van der Waals surface area contributed by atoms with Crippen LogP contribution in [0.4, 0.5) is 18.9 Å². The third-order valence-corrected chi connectivity index (χ3v) is 4.29. The second-order valence-corrected chi connectivity index (χ2v) is 6.20. The summed E-state index contributed by atoms with van der Waals surface area (Å²) in [5.74, 6) is -0.239. The highest BCUT2D eigenvalue weighted by molar-refractivity contribution is 5.92. The van der Waals surface area contributed by atoms with Crippen LogP contribution in [0.15, 0.2) is 42.5 Å². The summed E-state index contributed by atoms with van der Waals surface area (Å²) in [5.41, 5.74) is 1.86. The summed E-state index contributed by atoms with van der Waals surface area (Å²) < 4.78 is 42.8. The molecule has 138 valence electrons. The first-order valence-corrected chi connectivity index (χ1v) is 8.21. The van der Waals surface area contributed by atoms with E-state index in [1.54, 1.807) is 6.07 Å². The zero-order valence-electron chi connectivity index (χ0n) is 13.8. The van der Waals surface area contributed by atoms with Gasteiger partial charge in [-0.15, -0.1) is 0 Å². The van der Waals surface area contributed by atoms with Crippen molar-refractivity contribution in [3.8, 4) is 5.75 Å². The van der Waals surface area contributed by atoms with Gasteiger partial charge in [0.1, 0.15) is 5.75 Å². The molecule has 0 heterocycles. The van der Waals surface area contributed by atoms with E-state index in [9.17, 15) is 23.1 Å². The minimum absolute atomic E-state index is 0.179. The summed E-state index contributed by atoms with van der Waals surface area (Å²) in [6, 6.07) is 9.73. The Balaban J connectivity index is 1.60. The molecule has 4 nitrogen and oxygen atoms in total. The molecule has 2 aromatic rings. The molecule has 0 spiro atoms. The zero-order chi connectivity index (χ0) is 18.7. The van der Waals surface area contributed by atoms with E-state index >= 15 is 0 Å². The molecule has 1 aliphatic rings. The molecular weight excluding hydrogens is 347 g/mol. The van der Waals surface area contributed by atoms with E-state index < -0.39 is 23.8 Å². The van der Waals surface area contributed by atoms with Gasteiger partial charge in [-0.25, -0.2) is 0 Å². The van der Waals surface area contributed by atoms with E-state index in [4.69, 9.17) is 4.74 Å². The SMILES string of the molecule is O=C(COc1ccc(C(F)(F)F)cc1)Nc1cccc2c1C[C@H](O)CC2. The Morgan fingerprint density at radius 3 is 2.62 bits per heavy atom. The van der Waals surface area contributed by atoms with E-state index in [0.29, 0.717) is 18.5 Å². The fraction of sp³-hybridized carbons (Fsp3) is 0.316. The van der Waals surface area contributed by atoms with Crippen LogP contribution in [0.1, 0.15) is 23.1 Å². The molecule has 7 heteroatoms. The lowest BCUT2D eigenvalue weighted by Crippen LogP contribution is -2.24. The monoisotopic (exact) mass is 365 g/mol. The van der Waals surface area contributed by atoms with Crippen molar-refractivity contribution in [3.05, 3.63) is 59.2 Å². The molecule has 26 heavy (non-hydrogen) atoms. The van der Waals surface area contributed by atoms with Gasteiger partial charge in [-0.1, -0.05) is 12.1 Å². The van der Waals surface area contributed by atoms with Gasteiger partial charge >= 0.3 is 6.18 Å². The standard InChI is InChI=1S/C19H18F3NO3/c20-19(21,22)13-5-8-15(9-6-13)26-11-18(25)23-17-3-1-2-12-4-7-14(24)10-16(12)17/h1-3,5-6,8-9,14,24H,4,7,10-11H2,(H,23,25)/t14-/m1/s1. The number of carbonyl (C=O) groups is 1. The van der Waals surface area contributed by atoms with E-state index in [-0.39, 0.29) is 12.4 Å². The molecule has 1 atom stereocenters. The Morgan fingerprint density at radius 2 is 1.92 bits per heavy atom. The summed E-state index contributed by atoms with van der Waals surface area (Å²) in [5, 5.41) is 12.6. The molecule has 0 radical (unpaired) electrons. The van der Waals surface area contributed by atoms with Gasteiger partial charge in [0.15, 0.2) is 6.61 Å². The van der Waals surface area contributed by atoms with Crippen LogP contribution in [0.2, 0.25) is 0 Å².